The molecule has 0 bridgehead atoms. The van der Waals surface area contributed by atoms with E-state index in [1.807, 2.05) is 6.07 Å². The predicted octanol–water partition coefficient (Wildman–Crippen LogP) is 1.54. The summed E-state index contributed by atoms with van der Waals surface area (Å²) in [6, 6.07) is 7.97. The summed E-state index contributed by atoms with van der Waals surface area (Å²) >= 11 is 1.11. The molecule has 1 aliphatic heterocycles. The zero-order valence-electron chi connectivity index (χ0n) is 15.6. The Bertz CT molecular complexity index is 1020. The Morgan fingerprint density at radius 2 is 1.96 bits per heavy atom. The molecule has 1 aromatic heterocycles. The molecule has 154 valence electrons. The summed E-state index contributed by atoms with van der Waals surface area (Å²) in [6.45, 7) is 0.417. The Morgan fingerprint density at radius 3 is 2.61 bits per heavy atom. The first kappa shape index (κ1) is 21.1. The number of benzene rings is 1. The number of hydrogen-bond acceptors (Lipinski definition) is 8. The molecule has 2 heterocycles. The number of hydrogen-bond donors (Lipinski definition) is 1. The van der Waals surface area contributed by atoms with E-state index in [-0.39, 0.29) is 15.7 Å². The van der Waals surface area contributed by atoms with Gasteiger partial charge in [0.2, 0.25) is 0 Å². The van der Waals surface area contributed by atoms with E-state index in [0.29, 0.717) is 24.5 Å². The summed E-state index contributed by atoms with van der Waals surface area (Å²) in [5.41, 5.74) is 0.896. The average molecular weight is 446 g/mol. The molecule has 1 N–H and O–H groups in total. The Labute approximate surface area is 169 Å². The standard InChI is InChI=1S/C18H23NO6S3/c1-24-14-5-6-16(25-2)13(10-14)7-8-19-15-11-27(20,21)12-17(15)28(22,23)18-4-3-9-26-18/h3-6,9-10,15,17,19H,7-8,11-12H2,1-2H3. The highest BCUT2D eigenvalue weighted by Crippen LogP contribution is 2.29. The van der Waals surface area contributed by atoms with Crippen molar-refractivity contribution in [3.05, 3.63) is 41.3 Å². The van der Waals surface area contributed by atoms with Gasteiger partial charge in [0.25, 0.3) is 0 Å². The summed E-state index contributed by atoms with van der Waals surface area (Å²) in [7, 11) is -3.97. The summed E-state index contributed by atoms with van der Waals surface area (Å²) in [5, 5.41) is 3.83. The van der Waals surface area contributed by atoms with Crippen LogP contribution in [0.15, 0.2) is 39.9 Å². The van der Waals surface area contributed by atoms with Crippen molar-refractivity contribution in [3.63, 3.8) is 0 Å². The SMILES string of the molecule is COc1ccc(OC)c(CCNC2CS(=O)(=O)CC2S(=O)(=O)c2cccs2)c1. The maximum Gasteiger partial charge on any atom is 0.193 e. The van der Waals surface area contributed by atoms with Gasteiger partial charge in [0.05, 0.1) is 31.0 Å². The van der Waals surface area contributed by atoms with Gasteiger partial charge >= 0.3 is 0 Å². The highest BCUT2D eigenvalue weighted by atomic mass is 32.2. The molecule has 0 saturated carbocycles. The minimum absolute atomic E-state index is 0.183. The first-order valence-corrected chi connectivity index (χ1v) is 12.9. The number of nitrogens with one attached hydrogen (secondary N) is 1. The third-order valence-electron chi connectivity index (χ3n) is 4.76. The molecule has 1 saturated heterocycles. The van der Waals surface area contributed by atoms with Crippen molar-refractivity contribution in [1.29, 1.82) is 0 Å². The molecular formula is C18H23NO6S3. The van der Waals surface area contributed by atoms with Crippen LogP contribution in [0.25, 0.3) is 0 Å². The first-order chi connectivity index (χ1) is 13.3. The van der Waals surface area contributed by atoms with Gasteiger partial charge in [0.1, 0.15) is 15.7 Å². The van der Waals surface area contributed by atoms with E-state index in [2.05, 4.69) is 5.32 Å². The van der Waals surface area contributed by atoms with E-state index in [1.54, 1.807) is 37.8 Å². The maximum atomic E-state index is 12.9. The second kappa shape index (κ2) is 8.40. The molecule has 1 aromatic carbocycles. The van der Waals surface area contributed by atoms with E-state index in [9.17, 15) is 16.8 Å². The lowest BCUT2D eigenvalue weighted by Gasteiger charge is -2.19. The number of sulfone groups is 2. The van der Waals surface area contributed by atoms with Crippen LogP contribution in [0.5, 0.6) is 11.5 Å². The van der Waals surface area contributed by atoms with Crippen LogP contribution in [0.2, 0.25) is 0 Å². The summed E-state index contributed by atoms with van der Waals surface area (Å²) in [5.74, 6) is 0.854. The molecule has 1 fully saturated rings. The zero-order valence-corrected chi connectivity index (χ0v) is 18.1. The number of thiophene rings is 1. The molecule has 0 amide bonds. The molecule has 28 heavy (non-hydrogen) atoms. The van der Waals surface area contributed by atoms with Crippen LogP contribution >= 0.6 is 11.3 Å². The largest absolute Gasteiger partial charge is 0.497 e. The normalized spacial score (nSPS) is 21.5. The van der Waals surface area contributed by atoms with Crippen LogP contribution in [-0.2, 0) is 26.1 Å². The fraction of sp³-hybridized carbons (Fsp3) is 0.444. The predicted molar refractivity (Wildman–Crippen MR) is 109 cm³/mol. The van der Waals surface area contributed by atoms with Crippen LogP contribution in [0, 0.1) is 0 Å². The minimum Gasteiger partial charge on any atom is -0.497 e. The molecule has 10 heteroatoms. The monoisotopic (exact) mass is 445 g/mol. The Morgan fingerprint density at radius 1 is 1.18 bits per heavy atom. The molecule has 0 aliphatic carbocycles. The van der Waals surface area contributed by atoms with Crippen molar-refractivity contribution in [3.8, 4) is 11.5 Å². The fourth-order valence-corrected chi connectivity index (χ4v) is 9.30. The Balaban J connectivity index is 1.74. The average Bonchev–Trinajstić information content (AvgIpc) is 3.30. The van der Waals surface area contributed by atoms with Crippen molar-refractivity contribution in [2.45, 2.75) is 21.9 Å². The van der Waals surface area contributed by atoms with Gasteiger partial charge < -0.3 is 14.8 Å². The fourth-order valence-electron chi connectivity index (χ4n) is 3.36. The number of methoxy groups -OCH3 is 2. The first-order valence-electron chi connectivity index (χ1n) is 8.69. The highest BCUT2D eigenvalue weighted by Gasteiger charge is 2.45. The molecule has 0 spiro atoms. The van der Waals surface area contributed by atoms with Crippen LogP contribution < -0.4 is 14.8 Å². The summed E-state index contributed by atoms with van der Waals surface area (Å²) in [4.78, 5) is 0. The van der Waals surface area contributed by atoms with Gasteiger partial charge in [-0.3, -0.25) is 0 Å². The van der Waals surface area contributed by atoms with Crippen molar-refractivity contribution in [1.82, 2.24) is 5.32 Å². The van der Waals surface area contributed by atoms with E-state index < -0.39 is 31.0 Å². The van der Waals surface area contributed by atoms with Gasteiger partial charge in [0.15, 0.2) is 19.7 Å². The van der Waals surface area contributed by atoms with Crippen molar-refractivity contribution in [2.75, 3.05) is 32.3 Å². The molecular weight excluding hydrogens is 422 g/mol. The lowest BCUT2D eigenvalue weighted by Crippen LogP contribution is -2.43. The Hall–Kier alpha value is -1.62. The minimum atomic E-state index is -3.70. The van der Waals surface area contributed by atoms with Crippen molar-refractivity contribution >= 4 is 31.0 Å². The quantitative estimate of drug-likeness (QED) is 0.658. The third-order valence-corrected chi connectivity index (χ3v) is 10.3. The lowest BCUT2D eigenvalue weighted by atomic mass is 10.1. The second-order valence-corrected chi connectivity index (χ2v) is 12.1. The molecule has 1 aliphatic rings. The topological polar surface area (TPSA) is 98.8 Å². The zero-order chi connectivity index (χ0) is 20.4. The van der Waals surface area contributed by atoms with Gasteiger partial charge in [0, 0.05) is 6.04 Å². The molecule has 0 radical (unpaired) electrons. The summed E-state index contributed by atoms with van der Waals surface area (Å²) in [6.07, 6.45) is 0.544. The van der Waals surface area contributed by atoms with Crippen LogP contribution in [0.4, 0.5) is 0 Å². The number of ether oxygens (including phenoxy) is 2. The smallest absolute Gasteiger partial charge is 0.193 e. The van der Waals surface area contributed by atoms with Gasteiger partial charge in [-0.05, 0) is 48.2 Å². The third kappa shape index (κ3) is 4.51. The van der Waals surface area contributed by atoms with Gasteiger partial charge in [-0.15, -0.1) is 11.3 Å². The molecule has 2 aromatic rings. The molecule has 2 atom stereocenters. The summed E-state index contributed by atoms with van der Waals surface area (Å²) < 4.78 is 60.8. The van der Waals surface area contributed by atoms with Crippen molar-refractivity contribution < 1.29 is 26.3 Å². The second-order valence-electron chi connectivity index (χ2n) is 6.58. The molecule has 2 unspecified atom stereocenters. The molecule has 7 nitrogen and oxygen atoms in total. The van der Waals surface area contributed by atoms with Gasteiger partial charge in [-0.1, -0.05) is 6.07 Å². The molecule has 3 rings (SSSR count). The number of rotatable bonds is 8. The van der Waals surface area contributed by atoms with E-state index in [1.165, 1.54) is 6.07 Å². The van der Waals surface area contributed by atoms with Gasteiger partial charge in [-0.2, -0.15) is 0 Å². The van der Waals surface area contributed by atoms with Crippen molar-refractivity contribution in [2.24, 2.45) is 0 Å². The van der Waals surface area contributed by atoms with E-state index >= 15 is 0 Å². The van der Waals surface area contributed by atoms with Crippen LogP contribution in [0.3, 0.4) is 0 Å². The highest BCUT2D eigenvalue weighted by molar-refractivity contribution is 7.97. The Kier molecular flexibility index (Phi) is 6.33. The van der Waals surface area contributed by atoms with Crippen LogP contribution in [0.1, 0.15) is 5.56 Å². The van der Waals surface area contributed by atoms with E-state index in [4.69, 9.17) is 9.47 Å². The lowest BCUT2D eigenvalue weighted by molar-refractivity contribution is 0.398. The van der Waals surface area contributed by atoms with E-state index in [0.717, 1.165) is 16.9 Å². The maximum absolute atomic E-state index is 12.9. The van der Waals surface area contributed by atoms with Crippen LogP contribution in [-0.4, -0.2) is 60.4 Å². The van der Waals surface area contributed by atoms with Gasteiger partial charge in [-0.25, -0.2) is 16.8 Å².